The number of amides is 1. The SMILES string of the molecule is COc1cccc(OC)c1C(=O)Nc1cccc(CBr)c1. The van der Waals surface area contributed by atoms with Crippen LogP contribution >= 0.6 is 15.9 Å². The number of ether oxygens (including phenoxy) is 2. The van der Waals surface area contributed by atoms with Crippen LogP contribution in [-0.2, 0) is 5.33 Å². The van der Waals surface area contributed by atoms with E-state index in [0.717, 1.165) is 16.6 Å². The highest BCUT2D eigenvalue weighted by Crippen LogP contribution is 2.29. The fourth-order valence-corrected chi connectivity index (χ4v) is 2.35. The molecule has 1 amide bonds. The Balaban J connectivity index is 2.31. The lowest BCUT2D eigenvalue weighted by Gasteiger charge is -2.13. The number of alkyl halides is 1. The second-order valence-corrected chi connectivity index (χ2v) is 4.89. The smallest absolute Gasteiger partial charge is 0.263 e. The number of halogens is 1. The predicted octanol–water partition coefficient (Wildman–Crippen LogP) is 3.85. The molecule has 0 fully saturated rings. The average molecular weight is 350 g/mol. The van der Waals surface area contributed by atoms with Gasteiger partial charge in [0.15, 0.2) is 0 Å². The summed E-state index contributed by atoms with van der Waals surface area (Å²) in [6.45, 7) is 0. The van der Waals surface area contributed by atoms with Gasteiger partial charge in [0.1, 0.15) is 17.1 Å². The molecule has 0 atom stereocenters. The lowest BCUT2D eigenvalue weighted by Crippen LogP contribution is -2.14. The lowest BCUT2D eigenvalue weighted by molar-refractivity contribution is 0.102. The Morgan fingerprint density at radius 1 is 1.10 bits per heavy atom. The molecule has 1 N–H and O–H groups in total. The molecule has 5 heteroatoms. The van der Waals surface area contributed by atoms with Gasteiger partial charge in [-0.15, -0.1) is 0 Å². The van der Waals surface area contributed by atoms with Crippen LogP contribution in [-0.4, -0.2) is 20.1 Å². The number of rotatable bonds is 5. The van der Waals surface area contributed by atoms with Gasteiger partial charge >= 0.3 is 0 Å². The third-order valence-electron chi connectivity index (χ3n) is 2.99. The molecule has 0 heterocycles. The largest absolute Gasteiger partial charge is 0.496 e. The number of hydrogen-bond donors (Lipinski definition) is 1. The van der Waals surface area contributed by atoms with Gasteiger partial charge in [-0.3, -0.25) is 4.79 Å². The van der Waals surface area contributed by atoms with E-state index in [2.05, 4.69) is 21.2 Å². The number of hydrogen-bond acceptors (Lipinski definition) is 3. The number of carbonyl (C=O) groups excluding carboxylic acids is 1. The molecule has 0 aliphatic rings. The van der Waals surface area contributed by atoms with Gasteiger partial charge in [0, 0.05) is 11.0 Å². The van der Waals surface area contributed by atoms with Gasteiger partial charge < -0.3 is 14.8 Å². The maximum Gasteiger partial charge on any atom is 0.263 e. The van der Waals surface area contributed by atoms with Crippen LogP contribution in [0.5, 0.6) is 11.5 Å². The molecule has 0 aliphatic carbocycles. The van der Waals surface area contributed by atoms with Crippen LogP contribution in [0.2, 0.25) is 0 Å². The van der Waals surface area contributed by atoms with E-state index in [4.69, 9.17) is 9.47 Å². The Kier molecular flexibility index (Phi) is 5.22. The van der Waals surface area contributed by atoms with Gasteiger partial charge in [0.2, 0.25) is 0 Å². The van der Waals surface area contributed by atoms with E-state index in [0.29, 0.717) is 17.1 Å². The summed E-state index contributed by atoms with van der Waals surface area (Å²) in [5, 5.41) is 3.59. The van der Waals surface area contributed by atoms with Crippen molar-refractivity contribution in [2.24, 2.45) is 0 Å². The second kappa shape index (κ2) is 7.13. The van der Waals surface area contributed by atoms with Crippen molar-refractivity contribution in [1.82, 2.24) is 0 Å². The summed E-state index contributed by atoms with van der Waals surface area (Å²) in [6.07, 6.45) is 0. The first-order valence-electron chi connectivity index (χ1n) is 6.37. The van der Waals surface area contributed by atoms with Crippen molar-refractivity contribution in [3.8, 4) is 11.5 Å². The van der Waals surface area contributed by atoms with Gasteiger partial charge in [0.25, 0.3) is 5.91 Å². The second-order valence-electron chi connectivity index (χ2n) is 4.33. The number of carbonyl (C=O) groups is 1. The first-order chi connectivity index (χ1) is 10.2. The van der Waals surface area contributed by atoms with E-state index < -0.39 is 0 Å². The molecule has 110 valence electrons. The topological polar surface area (TPSA) is 47.6 Å². The Bertz CT molecular complexity index is 621. The number of benzene rings is 2. The molecular weight excluding hydrogens is 334 g/mol. The zero-order valence-corrected chi connectivity index (χ0v) is 13.4. The minimum absolute atomic E-state index is 0.268. The first-order valence-corrected chi connectivity index (χ1v) is 7.49. The van der Waals surface area contributed by atoms with Crippen LogP contribution in [0.15, 0.2) is 42.5 Å². The van der Waals surface area contributed by atoms with Crippen LogP contribution in [0.25, 0.3) is 0 Å². The zero-order chi connectivity index (χ0) is 15.2. The van der Waals surface area contributed by atoms with Gasteiger partial charge in [0.05, 0.1) is 14.2 Å². The molecule has 4 nitrogen and oxygen atoms in total. The monoisotopic (exact) mass is 349 g/mol. The predicted molar refractivity (Wildman–Crippen MR) is 86.6 cm³/mol. The normalized spacial score (nSPS) is 10.0. The van der Waals surface area contributed by atoms with Crippen molar-refractivity contribution in [2.75, 3.05) is 19.5 Å². The summed E-state index contributed by atoms with van der Waals surface area (Å²) in [5.41, 5.74) is 2.19. The molecule has 2 aromatic rings. The first kappa shape index (κ1) is 15.4. The van der Waals surface area contributed by atoms with Gasteiger partial charge in [-0.25, -0.2) is 0 Å². The van der Waals surface area contributed by atoms with E-state index in [-0.39, 0.29) is 5.91 Å². The van der Waals surface area contributed by atoms with E-state index in [1.165, 1.54) is 14.2 Å². The minimum atomic E-state index is -0.268. The molecule has 0 saturated carbocycles. The molecule has 0 spiro atoms. The Labute approximate surface area is 132 Å². The summed E-state index contributed by atoms with van der Waals surface area (Å²) in [6, 6.07) is 12.9. The molecule has 0 unspecified atom stereocenters. The van der Waals surface area contributed by atoms with Crippen molar-refractivity contribution in [3.05, 3.63) is 53.6 Å². The Hall–Kier alpha value is -2.01. The third kappa shape index (κ3) is 3.55. The summed E-state index contributed by atoms with van der Waals surface area (Å²) >= 11 is 3.40. The molecule has 21 heavy (non-hydrogen) atoms. The standard InChI is InChI=1S/C16H16BrNO3/c1-20-13-7-4-8-14(21-2)15(13)16(19)18-12-6-3-5-11(9-12)10-17/h3-9H,10H2,1-2H3,(H,18,19). The van der Waals surface area contributed by atoms with Crippen molar-refractivity contribution in [2.45, 2.75) is 5.33 Å². The average Bonchev–Trinajstić information content (AvgIpc) is 2.53. The van der Waals surface area contributed by atoms with Crippen LogP contribution in [0, 0.1) is 0 Å². The summed E-state index contributed by atoms with van der Waals surface area (Å²) < 4.78 is 10.5. The molecule has 0 radical (unpaired) electrons. The molecule has 0 saturated heterocycles. The van der Waals surface area contributed by atoms with E-state index in [1.54, 1.807) is 18.2 Å². The third-order valence-corrected chi connectivity index (χ3v) is 3.64. The Morgan fingerprint density at radius 3 is 2.29 bits per heavy atom. The molecule has 0 bridgehead atoms. The number of methoxy groups -OCH3 is 2. The summed E-state index contributed by atoms with van der Waals surface area (Å²) in [5.74, 6) is 0.683. The quantitative estimate of drug-likeness (QED) is 0.834. The van der Waals surface area contributed by atoms with Gasteiger partial charge in [-0.1, -0.05) is 34.1 Å². The van der Waals surface area contributed by atoms with Gasteiger partial charge in [-0.2, -0.15) is 0 Å². The molecule has 2 rings (SSSR count). The molecule has 0 aliphatic heterocycles. The lowest BCUT2D eigenvalue weighted by atomic mass is 10.1. The minimum Gasteiger partial charge on any atom is -0.496 e. The Morgan fingerprint density at radius 2 is 1.71 bits per heavy atom. The summed E-state index contributed by atoms with van der Waals surface area (Å²) in [7, 11) is 3.05. The molecular formula is C16H16BrNO3. The molecule has 0 aromatic heterocycles. The highest BCUT2D eigenvalue weighted by atomic mass is 79.9. The van der Waals surface area contributed by atoms with Crippen molar-refractivity contribution in [1.29, 1.82) is 0 Å². The van der Waals surface area contributed by atoms with Crippen LogP contribution < -0.4 is 14.8 Å². The van der Waals surface area contributed by atoms with Crippen LogP contribution in [0.4, 0.5) is 5.69 Å². The fraction of sp³-hybridized carbons (Fsp3) is 0.188. The maximum absolute atomic E-state index is 12.5. The van der Waals surface area contributed by atoms with E-state index in [1.807, 2.05) is 24.3 Å². The number of anilines is 1. The summed E-state index contributed by atoms with van der Waals surface area (Å²) in [4.78, 5) is 12.5. The number of nitrogens with one attached hydrogen (secondary N) is 1. The highest BCUT2D eigenvalue weighted by Gasteiger charge is 2.18. The van der Waals surface area contributed by atoms with E-state index in [9.17, 15) is 4.79 Å². The van der Waals surface area contributed by atoms with Gasteiger partial charge in [-0.05, 0) is 29.8 Å². The highest BCUT2D eigenvalue weighted by molar-refractivity contribution is 9.08. The van der Waals surface area contributed by atoms with E-state index >= 15 is 0 Å². The van der Waals surface area contributed by atoms with Crippen LogP contribution in [0.3, 0.4) is 0 Å². The maximum atomic E-state index is 12.5. The zero-order valence-electron chi connectivity index (χ0n) is 11.9. The van der Waals surface area contributed by atoms with Crippen molar-refractivity contribution >= 4 is 27.5 Å². The van der Waals surface area contributed by atoms with Crippen LogP contribution in [0.1, 0.15) is 15.9 Å². The fourth-order valence-electron chi connectivity index (χ4n) is 2.00. The molecule has 2 aromatic carbocycles. The van der Waals surface area contributed by atoms with Crippen molar-refractivity contribution in [3.63, 3.8) is 0 Å². The van der Waals surface area contributed by atoms with Crippen molar-refractivity contribution < 1.29 is 14.3 Å².